The highest BCUT2D eigenvalue weighted by Gasteiger charge is 2.18. The Kier molecular flexibility index (Phi) is 43.8. The molecule has 2 aliphatic rings. The quantitative estimate of drug-likeness (QED) is 0.205. The summed E-state index contributed by atoms with van der Waals surface area (Å²) in [6, 6.07) is 15.5. The third-order valence-corrected chi connectivity index (χ3v) is 3.15. The molecule has 0 radical (unpaired) electrons. The molecule has 0 aliphatic carbocycles. The minimum Gasteiger partial charge on any atom is -0.462 e. The van der Waals surface area contributed by atoms with Crippen molar-refractivity contribution < 1.29 is 14.3 Å². The standard InChI is InChI=1S/C9H8O.C8H6O2.C3H8.C3H4.5C2H6/c1-7-6-8-4-2-3-5-9(8)10-7;9-8-5-6-3-1-2-4-7(6)10-8;2*1-3-2;5*1-2/h2-5H,1,6H2;1-4H,5H2;3H2,1-2H3;1H,2H3;5*1-2H3. The van der Waals surface area contributed by atoms with Gasteiger partial charge in [0.25, 0.3) is 0 Å². The summed E-state index contributed by atoms with van der Waals surface area (Å²) < 4.78 is 10.2. The first-order valence-electron chi connectivity index (χ1n) is 13.6. The van der Waals surface area contributed by atoms with Crippen LogP contribution in [0.5, 0.6) is 11.5 Å². The molecule has 2 heterocycles. The van der Waals surface area contributed by atoms with Crippen LogP contribution in [0.2, 0.25) is 0 Å². The Morgan fingerprint density at radius 2 is 1.03 bits per heavy atom. The molecule has 0 bridgehead atoms. The van der Waals surface area contributed by atoms with E-state index in [1.54, 1.807) is 13.0 Å². The molecule has 4 rings (SSSR count). The Balaban J connectivity index is -0.000000115. The highest BCUT2D eigenvalue weighted by Crippen LogP contribution is 2.28. The number of hydrogen-bond acceptors (Lipinski definition) is 3. The SMILES string of the molecule is C#CC.C=C1Cc2ccccc2O1.CC.CC.CC.CC.CC.CCC.O=C1Cc2ccccc2O1. The predicted octanol–water partition coefficient (Wildman–Crippen LogP) is 10.5. The van der Waals surface area contributed by atoms with Crippen LogP contribution in [0.3, 0.4) is 0 Å². The fourth-order valence-corrected chi connectivity index (χ4v) is 2.22. The second-order valence-corrected chi connectivity index (χ2v) is 5.68. The van der Waals surface area contributed by atoms with Gasteiger partial charge in [-0.15, -0.1) is 12.3 Å². The normalized spacial score (nSPS) is 9.67. The number of fused-ring (bicyclic) bond motifs is 2. The number of rotatable bonds is 0. The highest BCUT2D eigenvalue weighted by atomic mass is 16.5. The van der Waals surface area contributed by atoms with Crippen molar-refractivity contribution in [1.29, 1.82) is 0 Å². The zero-order valence-corrected chi connectivity index (χ0v) is 25.7. The molecule has 0 saturated heterocycles. The second kappa shape index (κ2) is 36.6. The van der Waals surface area contributed by atoms with Crippen molar-refractivity contribution in [2.45, 2.75) is 109 Å². The Labute approximate surface area is 225 Å². The van der Waals surface area contributed by atoms with Gasteiger partial charge in [0.1, 0.15) is 17.3 Å². The van der Waals surface area contributed by atoms with Crippen molar-refractivity contribution in [1.82, 2.24) is 0 Å². The van der Waals surface area contributed by atoms with Crippen LogP contribution in [0.25, 0.3) is 0 Å². The zero-order valence-electron chi connectivity index (χ0n) is 25.7. The molecule has 2 aromatic carbocycles. The molecule has 0 fully saturated rings. The first-order chi connectivity index (χ1) is 17.5. The lowest BCUT2D eigenvalue weighted by molar-refractivity contribution is -0.131. The minimum absolute atomic E-state index is 0.152. The van der Waals surface area contributed by atoms with Gasteiger partial charge in [0.05, 0.1) is 6.42 Å². The zero-order chi connectivity index (χ0) is 29.4. The van der Waals surface area contributed by atoms with Gasteiger partial charge in [0.15, 0.2) is 0 Å². The average Bonchev–Trinajstić information content (AvgIpc) is 3.51. The maximum atomic E-state index is 10.7. The Morgan fingerprint density at radius 1 is 0.722 bits per heavy atom. The first-order valence-corrected chi connectivity index (χ1v) is 13.6. The summed E-state index contributed by atoms with van der Waals surface area (Å²) in [5.41, 5.74) is 2.24. The van der Waals surface area contributed by atoms with E-state index in [1.807, 2.05) is 106 Å². The molecule has 2 aliphatic heterocycles. The van der Waals surface area contributed by atoms with Crippen LogP contribution < -0.4 is 9.47 Å². The van der Waals surface area contributed by atoms with Gasteiger partial charge < -0.3 is 9.47 Å². The molecule has 0 N–H and O–H groups in total. The summed E-state index contributed by atoms with van der Waals surface area (Å²) in [5, 5.41) is 0. The summed E-state index contributed by atoms with van der Waals surface area (Å²) >= 11 is 0. The fourth-order valence-electron chi connectivity index (χ4n) is 2.22. The summed E-state index contributed by atoms with van der Waals surface area (Å²) in [6.45, 7) is 29.6. The number of terminal acetylenes is 1. The van der Waals surface area contributed by atoms with Gasteiger partial charge in [0.2, 0.25) is 0 Å². The molecule has 0 spiro atoms. The first kappa shape index (κ1) is 43.1. The monoisotopic (exact) mass is 500 g/mol. The van der Waals surface area contributed by atoms with Gasteiger partial charge in [-0.05, 0) is 19.1 Å². The van der Waals surface area contributed by atoms with Gasteiger partial charge in [0, 0.05) is 17.5 Å². The highest BCUT2D eigenvalue weighted by molar-refractivity contribution is 5.80. The lowest BCUT2D eigenvalue weighted by Crippen LogP contribution is -1.99. The van der Waals surface area contributed by atoms with Crippen LogP contribution in [0.4, 0.5) is 0 Å². The topological polar surface area (TPSA) is 35.5 Å². The lowest BCUT2D eigenvalue weighted by atomic mass is 10.2. The van der Waals surface area contributed by atoms with E-state index in [-0.39, 0.29) is 5.97 Å². The predicted molar refractivity (Wildman–Crippen MR) is 163 cm³/mol. The lowest BCUT2D eigenvalue weighted by Gasteiger charge is -1.94. The third kappa shape index (κ3) is 22.8. The van der Waals surface area contributed by atoms with Crippen molar-refractivity contribution >= 4 is 5.97 Å². The van der Waals surface area contributed by atoms with Crippen LogP contribution in [0, 0.1) is 12.3 Å². The van der Waals surface area contributed by atoms with E-state index in [0.717, 1.165) is 23.5 Å². The molecule has 3 heteroatoms. The molecule has 0 saturated carbocycles. The molecule has 2 aromatic rings. The fraction of sp³-hybridized carbons (Fsp3) is 0.485. The van der Waals surface area contributed by atoms with Crippen LogP contribution >= 0.6 is 0 Å². The molecular formula is C33H56O3. The molecule has 0 amide bonds. The van der Waals surface area contributed by atoms with Gasteiger partial charge in [-0.3, -0.25) is 4.79 Å². The van der Waals surface area contributed by atoms with Crippen molar-refractivity contribution in [3.63, 3.8) is 0 Å². The number of carbonyl (C=O) groups is 1. The van der Waals surface area contributed by atoms with E-state index in [4.69, 9.17) is 9.47 Å². The summed E-state index contributed by atoms with van der Waals surface area (Å²) in [7, 11) is 0. The smallest absolute Gasteiger partial charge is 0.315 e. The maximum absolute atomic E-state index is 10.7. The number of benzene rings is 2. The van der Waals surface area contributed by atoms with Crippen molar-refractivity contribution in [3.8, 4) is 23.8 Å². The third-order valence-electron chi connectivity index (χ3n) is 3.15. The van der Waals surface area contributed by atoms with Crippen LogP contribution in [0.1, 0.15) is 108 Å². The maximum Gasteiger partial charge on any atom is 0.315 e. The molecule has 0 aromatic heterocycles. The van der Waals surface area contributed by atoms with E-state index in [1.165, 1.54) is 12.0 Å². The molecule has 36 heavy (non-hydrogen) atoms. The van der Waals surface area contributed by atoms with Crippen LogP contribution in [-0.4, -0.2) is 5.97 Å². The Hall–Kier alpha value is -2.99. The Bertz CT molecular complexity index is 657. The molecule has 206 valence electrons. The van der Waals surface area contributed by atoms with E-state index in [2.05, 4.69) is 38.8 Å². The van der Waals surface area contributed by atoms with Crippen LogP contribution in [-0.2, 0) is 17.6 Å². The van der Waals surface area contributed by atoms with E-state index in [9.17, 15) is 4.79 Å². The Morgan fingerprint density at radius 3 is 1.36 bits per heavy atom. The van der Waals surface area contributed by atoms with Crippen molar-refractivity contribution in [2.24, 2.45) is 0 Å². The van der Waals surface area contributed by atoms with Crippen molar-refractivity contribution in [3.05, 3.63) is 72.0 Å². The molecule has 0 atom stereocenters. The second-order valence-electron chi connectivity index (χ2n) is 5.68. The van der Waals surface area contributed by atoms with Gasteiger partial charge >= 0.3 is 5.97 Å². The van der Waals surface area contributed by atoms with Gasteiger partial charge in [-0.25, -0.2) is 0 Å². The molecular weight excluding hydrogens is 444 g/mol. The van der Waals surface area contributed by atoms with Crippen molar-refractivity contribution in [2.75, 3.05) is 0 Å². The summed E-state index contributed by atoms with van der Waals surface area (Å²) in [6.07, 6.45) is 7.15. The number of esters is 1. The number of allylic oxidation sites excluding steroid dienone is 1. The molecule has 0 unspecified atom stereocenters. The summed E-state index contributed by atoms with van der Waals surface area (Å²) in [5.74, 6) is 4.63. The number of hydrogen-bond donors (Lipinski definition) is 0. The number of carbonyl (C=O) groups excluding carboxylic acids is 1. The van der Waals surface area contributed by atoms with E-state index < -0.39 is 0 Å². The van der Waals surface area contributed by atoms with E-state index >= 15 is 0 Å². The van der Waals surface area contributed by atoms with E-state index in [0.29, 0.717) is 12.2 Å². The average molecular weight is 501 g/mol. The van der Waals surface area contributed by atoms with Gasteiger partial charge in [-0.1, -0.05) is 132 Å². The molecule has 3 nitrogen and oxygen atoms in total. The summed E-state index contributed by atoms with van der Waals surface area (Å²) in [4.78, 5) is 10.7. The number of ether oxygens (including phenoxy) is 2. The van der Waals surface area contributed by atoms with Crippen LogP contribution in [0.15, 0.2) is 60.9 Å². The number of para-hydroxylation sites is 2. The minimum atomic E-state index is -0.152. The largest absolute Gasteiger partial charge is 0.462 e. The van der Waals surface area contributed by atoms with Gasteiger partial charge in [-0.2, -0.15) is 0 Å².